The van der Waals surface area contributed by atoms with E-state index >= 15 is 0 Å². The lowest BCUT2D eigenvalue weighted by atomic mass is 9.82. The first-order valence-electron chi connectivity index (χ1n) is 15.7. The van der Waals surface area contributed by atoms with Gasteiger partial charge in [0.1, 0.15) is 5.78 Å². The zero-order chi connectivity index (χ0) is 29.3. The molecule has 4 rings (SSSR count). The molecule has 3 heteroatoms. The van der Waals surface area contributed by atoms with Gasteiger partial charge in [0.15, 0.2) is 0 Å². The Morgan fingerprint density at radius 1 is 0.927 bits per heavy atom. The Morgan fingerprint density at radius 2 is 1.61 bits per heavy atom. The van der Waals surface area contributed by atoms with Gasteiger partial charge in [0.2, 0.25) is 0 Å². The predicted molar refractivity (Wildman–Crippen MR) is 175 cm³/mol. The number of aliphatic imine (C=N–C) groups is 1. The topological polar surface area (TPSA) is 42.3 Å². The number of ketones is 1. The molecule has 1 aromatic heterocycles. The molecule has 1 heterocycles. The minimum atomic E-state index is 0.239. The highest BCUT2D eigenvalue weighted by molar-refractivity contribution is 6.02. The van der Waals surface area contributed by atoms with Crippen molar-refractivity contribution in [2.45, 2.75) is 84.5 Å². The van der Waals surface area contributed by atoms with Crippen LogP contribution in [0.15, 0.2) is 90.7 Å². The largest absolute Gasteiger partial charge is 0.299 e. The maximum absolute atomic E-state index is 13.5. The molecule has 0 radical (unpaired) electrons. The molecule has 41 heavy (non-hydrogen) atoms. The van der Waals surface area contributed by atoms with Gasteiger partial charge in [-0.1, -0.05) is 99.0 Å². The van der Waals surface area contributed by atoms with Gasteiger partial charge < -0.3 is 0 Å². The van der Waals surface area contributed by atoms with Gasteiger partial charge in [0.05, 0.1) is 0 Å². The van der Waals surface area contributed by atoms with Crippen LogP contribution in [0, 0.1) is 24.7 Å². The van der Waals surface area contributed by atoms with Crippen molar-refractivity contribution in [1.29, 1.82) is 0 Å². The molecule has 1 aliphatic rings. The average molecular weight is 551 g/mol. The van der Waals surface area contributed by atoms with E-state index in [0.29, 0.717) is 11.7 Å². The third-order valence-corrected chi connectivity index (χ3v) is 8.44. The Morgan fingerprint density at radius 3 is 2.24 bits per heavy atom. The lowest BCUT2D eigenvalue weighted by Gasteiger charge is -2.22. The van der Waals surface area contributed by atoms with Crippen LogP contribution in [0.25, 0.3) is 6.08 Å². The molecule has 218 valence electrons. The summed E-state index contributed by atoms with van der Waals surface area (Å²) in [5.41, 5.74) is 6.27. The van der Waals surface area contributed by atoms with E-state index in [9.17, 15) is 4.79 Å². The first-order valence-corrected chi connectivity index (χ1v) is 15.7. The van der Waals surface area contributed by atoms with Crippen LogP contribution in [-0.2, 0) is 11.2 Å². The zero-order valence-corrected chi connectivity index (χ0v) is 25.6. The summed E-state index contributed by atoms with van der Waals surface area (Å²) in [6.07, 6.45) is 17.5. The Hall–Kier alpha value is -3.33. The third-order valence-electron chi connectivity index (χ3n) is 8.44. The predicted octanol–water partition coefficient (Wildman–Crippen LogP) is 9.73. The lowest BCUT2D eigenvalue weighted by Crippen LogP contribution is -2.24. The van der Waals surface area contributed by atoms with Gasteiger partial charge >= 0.3 is 0 Å². The minimum Gasteiger partial charge on any atom is -0.299 e. The first kappa shape index (κ1) is 32.2. The second kappa shape index (κ2) is 18.2. The highest BCUT2D eigenvalue weighted by Gasteiger charge is 2.30. The molecular formula is C38H50N2O. The summed E-state index contributed by atoms with van der Waals surface area (Å²) >= 11 is 0. The van der Waals surface area contributed by atoms with E-state index in [4.69, 9.17) is 4.99 Å². The minimum absolute atomic E-state index is 0.239. The fraction of sp³-hybridized carbons (Fsp3) is 0.447. The van der Waals surface area contributed by atoms with E-state index in [1.54, 1.807) is 0 Å². The smallest absolute Gasteiger partial charge is 0.139 e. The van der Waals surface area contributed by atoms with Gasteiger partial charge in [-0.15, -0.1) is 0 Å². The number of aromatic nitrogens is 1. The number of carbonyl (C=O) groups is 1. The summed E-state index contributed by atoms with van der Waals surface area (Å²) < 4.78 is 0. The van der Waals surface area contributed by atoms with Crippen LogP contribution in [0.5, 0.6) is 0 Å². The van der Waals surface area contributed by atoms with Crippen LogP contribution in [0.1, 0.15) is 93.4 Å². The average Bonchev–Trinajstić information content (AvgIpc) is 3.27. The van der Waals surface area contributed by atoms with Crippen molar-refractivity contribution in [1.82, 2.24) is 4.98 Å². The van der Waals surface area contributed by atoms with Gasteiger partial charge in [0, 0.05) is 42.9 Å². The van der Waals surface area contributed by atoms with Gasteiger partial charge in [-0.25, -0.2) is 0 Å². The Labute approximate surface area is 249 Å². The third kappa shape index (κ3) is 10.9. The Balaban J connectivity index is 0.000000496. The van der Waals surface area contributed by atoms with E-state index in [1.807, 2.05) is 55.8 Å². The first-order chi connectivity index (χ1) is 20.0. The van der Waals surface area contributed by atoms with E-state index in [1.165, 1.54) is 28.0 Å². The summed E-state index contributed by atoms with van der Waals surface area (Å²) in [5.74, 6) is 1.50. The van der Waals surface area contributed by atoms with Crippen LogP contribution in [0.4, 0.5) is 0 Å². The van der Waals surface area contributed by atoms with Crippen molar-refractivity contribution in [3.63, 3.8) is 0 Å². The number of pyridine rings is 1. The van der Waals surface area contributed by atoms with E-state index in [2.05, 4.69) is 61.8 Å². The van der Waals surface area contributed by atoms with E-state index in [0.717, 1.165) is 70.6 Å². The molecule has 3 unspecified atom stereocenters. The van der Waals surface area contributed by atoms with Crippen LogP contribution in [0.3, 0.4) is 0 Å². The molecule has 0 saturated heterocycles. The van der Waals surface area contributed by atoms with Gasteiger partial charge in [-0.05, 0) is 87.1 Å². The second-order valence-electron chi connectivity index (χ2n) is 11.5. The number of hydrogen-bond donors (Lipinski definition) is 0. The molecular weight excluding hydrogens is 500 g/mol. The van der Waals surface area contributed by atoms with Crippen molar-refractivity contribution in [3.8, 4) is 0 Å². The Kier molecular flexibility index (Phi) is 14.3. The van der Waals surface area contributed by atoms with Crippen molar-refractivity contribution in [3.05, 3.63) is 108 Å². The zero-order valence-electron chi connectivity index (χ0n) is 25.6. The molecule has 1 saturated carbocycles. The summed E-state index contributed by atoms with van der Waals surface area (Å²) in [7, 11) is 1.92. The molecule has 0 aliphatic heterocycles. The lowest BCUT2D eigenvalue weighted by molar-refractivity contribution is -0.127. The Bertz CT molecular complexity index is 1180. The van der Waals surface area contributed by atoms with Crippen LogP contribution in [-0.4, -0.2) is 23.5 Å². The molecule has 0 spiro atoms. The van der Waals surface area contributed by atoms with Crippen molar-refractivity contribution in [2.75, 3.05) is 7.05 Å². The summed E-state index contributed by atoms with van der Waals surface area (Å²) in [6, 6.07) is 23.0. The van der Waals surface area contributed by atoms with Crippen LogP contribution >= 0.6 is 0 Å². The molecule has 3 nitrogen and oxygen atoms in total. The number of nitrogens with zero attached hydrogens (tertiary/aromatic N) is 2. The molecule has 1 fully saturated rings. The molecule has 2 aromatic carbocycles. The highest BCUT2D eigenvalue weighted by atomic mass is 16.1. The molecule has 0 amide bonds. The molecule has 0 bridgehead atoms. The monoisotopic (exact) mass is 550 g/mol. The van der Waals surface area contributed by atoms with Crippen LogP contribution < -0.4 is 0 Å². The standard InChI is InChI=1S/C30H42N2O.C8H8/c1-4-8-27(10-6-5-9-24-19-21-32-22-20-24)30(33)28-12-7-11-25(17-18-28)29(31-3)26-15-13-23(2)14-16-26;1-2-8-6-4-3-5-7-8/h13-16,19-22,25,27-28H,4-12,17-18H2,1-3H3;2-7H,1H2. The maximum atomic E-state index is 13.5. The maximum Gasteiger partial charge on any atom is 0.139 e. The van der Waals surface area contributed by atoms with Crippen molar-refractivity contribution >= 4 is 17.6 Å². The summed E-state index contributed by atoms with van der Waals surface area (Å²) in [4.78, 5) is 22.3. The number of carbonyl (C=O) groups excluding carboxylic acids is 1. The fourth-order valence-electron chi connectivity index (χ4n) is 6.10. The molecule has 3 atom stereocenters. The number of hydrogen-bond acceptors (Lipinski definition) is 3. The van der Waals surface area contributed by atoms with Crippen LogP contribution in [0.2, 0.25) is 0 Å². The number of aryl methyl sites for hydroxylation is 2. The van der Waals surface area contributed by atoms with Crippen molar-refractivity contribution in [2.24, 2.45) is 22.7 Å². The normalized spacial score (nSPS) is 18.0. The van der Waals surface area contributed by atoms with Gasteiger partial charge in [0.25, 0.3) is 0 Å². The van der Waals surface area contributed by atoms with Crippen molar-refractivity contribution < 1.29 is 4.79 Å². The summed E-state index contributed by atoms with van der Waals surface area (Å²) in [5, 5.41) is 0. The number of rotatable bonds is 12. The quantitative estimate of drug-likeness (QED) is 0.128. The summed E-state index contributed by atoms with van der Waals surface area (Å²) in [6.45, 7) is 7.97. The van der Waals surface area contributed by atoms with Gasteiger partial charge in [-0.2, -0.15) is 0 Å². The number of unbranched alkanes of at least 4 members (excludes halogenated alkanes) is 1. The molecule has 1 aliphatic carbocycles. The van der Waals surface area contributed by atoms with E-state index in [-0.39, 0.29) is 11.8 Å². The highest BCUT2D eigenvalue weighted by Crippen LogP contribution is 2.33. The van der Waals surface area contributed by atoms with Gasteiger partial charge in [-0.3, -0.25) is 14.8 Å². The second-order valence-corrected chi connectivity index (χ2v) is 11.5. The molecule has 0 N–H and O–H groups in total. The SMILES string of the molecule is C=Cc1ccccc1.CCCC(CCCCc1ccncc1)C(=O)C1CCCC(C(=NC)c2ccc(C)cc2)CC1. The number of Topliss-reactive ketones (excluding diaryl/α,β-unsaturated/α-hetero) is 1. The number of benzene rings is 2. The van der Waals surface area contributed by atoms with E-state index < -0.39 is 0 Å². The molecule has 3 aromatic rings. The fourth-order valence-corrected chi connectivity index (χ4v) is 6.10.